The van der Waals surface area contributed by atoms with Crippen LogP contribution in [0, 0.1) is 0 Å². The van der Waals surface area contributed by atoms with Crippen molar-refractivity contribution in [1.82, 2.24) is 4.98 Å². The van der Waals surface area contributed by atoms with Crippen molar-refractivity contribution in [2.45, 2.75) is 25.1 Å². The SMILES string of the molecule is OCCOC1CCN(c2ncc(Br)cc2C(F)(F)F)CC1. The van der Waals surface area contributed by atoms with Gasteiger partial charge >= 0.3 is 6.18 Å². The van der Waals surface area contributed by atoms with Crippen LogP contribution >= 0.6 is 15.9 Å². The third kappa shape index (κ3) is 4.31. The predicted octanol–water partition coefficient (Wildman–Crippen LogP) is 2.84. The van der Waals surface area contributed by atoms with Crippen LogP contribution in [0.2, 0.25) is 0 Å². The van der Waals surface area contributed by atoms with Gasteiger partial charge in [0.2, 0.25) is 0 Å². The molecular weight excluding hydrogens is 353 g/mol. The summed E-state index contributed by atoms with van der Waals surface area (Å²) in [5, 5.41) is 8.70. The van der Waals surface area contributed by atoms with E-state index in [1.165, 1.54) is 6.20 Å². The van der Waals surface area contributed by atoms with Crippen LogP contribution in [0.5, 0.6) is 0 Å². The Morgan fingerprint density at radius 2 is 2.05 bits per heavy atom. The molecule has 1 saturated heterocycles. The Kier molecular flexibility index (Phi) is 5.45. The number of rotatable bonds is 4. The topological polar surface area (TPSA) is 45.6 Å². The lowest BCUT2D eigenvalue weighted by Gasteiger charge is -2.33. The molecule has 2 rings (SSSR count). The van der Waals surface area contributed by atoms with E-state index >= 15 is 0 Å². The maximum absolute atomic E-state index is 13.1. The molecule has 4 nitrogen and oxygen atoms in total. The first-order chi connectivity index (χ1) is 9.91. The van der Waals surface area contributed by atoms with Crippen LogP contribution in [0.3, 0.4) is 0 Å². The molecule has 1 fully saturated rings. The molecule has 0 aliphatic carbocycles. The lowest BCUT2D eigenvalue weighted by molar-refractivity contribution is -0.137. The second-order valence-corrected chi connectivity index (χ2v) is 5.72. The summed E-state index contributed by atoms with van der Waals surface area (Å²) in [4.78, 5) is 5.57. The summed E-state index contributed by atoms with van der Waals surface area (Å²) >= 11 is 3.03. The number of piperidine rings is 1. The van der Waals surface area contributed by atoms with Crippen LogP contribution in [0.25, 0.3) is 0 Å². The number of nitrogens with zero attached hydrogens (tertiary/aromatic N) is 2. The number of aliphatic hydroxyl groups is 1. The van der Waals surface area contributed by atoms with E-state index in [1.54, 1.807) is 4.90 Å². The molecule has 1 aliphatic heterocycles. The minimum atomic E-state index is -4.43. The summed E-state index contributed by atoms with van der Waals surface area (Å²) in [6.45, 7) is 1.11. The van der Waals surface area contributed by atoms with Crippen LogP contribution in [0.4, 0.5) is 19.0 Å². The van der Waals surface area contributed by atoms with E-state index in [9.17, 15) is 13.2 Å². The van der Waals surface area contributed by atoms with Crippen LogP contribution in [0.1, 0.15) is 18.4 Å². The number of hydrogen-bond acceptors (Lipinski definition) is 4. The number of alkyl halides is 3. The second kappa shape index (κ2) is 6.93. The van der Waals surface area contributed by atoms with Crippen molar-refractivity contribution in [3.8, 4) is 0 Å². The molecule has 1 aliphatic rings. The molecule has 2 heterocycles. The fourth-order valence-corrected chi connectivity index (χ4v) is 2.68. The molecule has 118 valence electrons. The van der Waals surface area contributed by atoms with Gasteiger partial charge in [-0.15, -0.1) is 0 Å². The van der Waals surface area contributed by atoms with Crippen molar-refractivity contribution in [1.29, 1.82) is 0 Å². The largest absolute Gasteiger partial charge is 0.419 e. The van der Waals surface area contributed by atoms with Gasteiger partial charge in [-0.3, -0.25) is 0 Å². The van der Waals surface area contributed by atoms with Gasteiger partial charge in [0, 0.05) is 23.8 Å². The zero-order valence-corrected chi connectivity index (χ0v) is 12.8. The maximum Gasteiger partial charge on any atom is 0.419 e. The van der Waals surface area contributed by atoms with Gasteiger partial charge in [0.25, 0.3) is 0 Å². The van der Waals surface area contributed by atoms with Gasteiger partial charge in [-0.1, -0.05) is 0 Å². The minimum Gasteiger partial charge on any atom is -0.394 e. The number of aliphatic hydroxyl groups excluding tert-OH is 1. The van der Waals surface area contributed by atoms with Crippen molar-refractivity contribution < 1.29 is 23.0 Å². The summed E-state index contributed by atoms with van der Waals surface area (Å²) < 4.78 is 45.0. The van der Waals surface area contributed by atoms with E-state index in [0.717, 1.165) is 6.07 Å². The van der Waals surface area contributed by atoms with Crippen LogP contribution < -0.4 is 4.90 Å². The second-order valence-electron chi connectivity index (χ2n) is 4.80. The summed E-state index contributed by atoms with van der Waals surface area (Å²) in [7, 11) is 0. The standard InChI is InChI=1S/C13H16BrF3N2O2/c14-9-7-11(13(15,16)17)12(18-8-9)19-3-1-10(2-4-19)21-6-5-20/h7-8,10,20H,1-6H2. The van der Waals surface area contributed by atoms with E-state index in [1.807, 2.05) is 0 Å². The molecule has 1 aromatic rings. The molecule has 1 aromatic heterocycles. The Hall–Kier alpha value is -0.860. The first-order valence-electron chi connectivity index (χ1n) is 6.62. The highest BCUT2D eigenvalue weighted by atomic mass is 79.9. The third-order valence-corrected chi connectivity index (χ3v) is 3.76. The summed E-state index contributed by atoms with van der Waals surface area (Å²) in [6.07, 6.45) is -1.84. The highest BCUT2D eigenvalue weighted by Crippen LogP contribution is 2.37. The van der Waals surface area contributed by atoms with Crippen LogP contribution in [-0.4, -0.2) is 42.5 Å². The van der Waals surface area contributed by atoms with Crippen molar-refractivity contribution in [3.63, 3.8) is 0 Å². The molecule has 0 bridgehead atoms. The van der Waals surface area contributed by atoms with E-state index in [0.29, 0.717) is 30.4 Å². The fourth-order valence-electron chi connectivity index (χ4n) is 2.35. The Bertz CT molecular complexity index is 477. The molecule has 0 radical (unpaired) electrons. The van der Waals surface area contributed by atoms with Crippen LogP contribution in [-0.2, 0) is 10.9 Å². The van der Waals surface area contributed by atoms with E-state index in [4.69, 9.17) is 9.84 Å². The summed E-state index contributed by atoms with van der Waals surface area (Å²) in [5.74, 6) is -0.0358. The Morgan fingerprint density at radius 3 is 2.62 bits per heavy atom. The minimum absolute atomic E-state index is 0.0156. The van der Waals surface area contributed by atoms with Gasteiger partial charge in [0.15, 0.2) is 0 Å². The fraction of sp³-hybridized carbons (Fsp3) is 0.615. The molecule has 21 heavy (non-hydrogen) atoms. The smallest absolute Gasteiger partial charge is 0.394 e. The van der Waals surface area contributed by atoms with Gasteiger partial charge in [-0.2, -0.15) is 13.2 Å². The Morgan fingerprint density at radius 1 is 1.38 bits per heavy atom. The number of halogens is 4. The predicted molar refractivity (Wildman–Crippen MR) is 75.2 cm³/mol. The van der Waals surface area contributed by atoms with Crippen molar-refractivity contribution in [3.05, 3.63) is 22.3 Å². The van der Waals surface area contributed by atoms with Crippen LogP contribution in [0.15, 0.2) is 16.7 Å². The number of ether oxygens (including phenoxy) is 1. The highest BCUT2D eigenvalue weighted by Gasteiger charge is 2.37. The van der Waals surface area contributed by atoms with Gasteiger partial charge in [-0.05, 0) is 34.8 Å². The average Bonchev–Trinajstić information content (AvgIpc) is 2.45. The molecule has 0 spiro atoms. The Labute approximate surface area is 129 Å². The van der Waals surface area contributed by atoms with Gasteiger partial charge in [0.1, 0.15) is 5.82 Å². The first-order valence-corrected chi connectivity index (χ1v) is 7.41. The molecule has 0 atom stereocenters. The third-order valence-electron chi connectivity index (χ3n) is 3.33. The average molecular weight is 369 g/mol. The maximum atomic E-state index is 13.1. The number of pyridine rings is 1. The summed E-state index contributed by atoms with van der Waals surface area (Å²) in [5.41, 5.74) is -0.730. The quantitative estimate of drug-likeness (QED) is 0.887. The Balaban J connectivity index is 2.10. The molecule has 0 unspecified atom stereocenters. The number of hydrogen-bond donors (Lipinski definition) is 1. The molecule has 0 amide bonds. The van der Waals surface area contributed by atoms with E-state index < -0.39 is 11.7 Å². The number of aromatic nitrogens is 1. The molecular formula is C13H16BrF3N2O2. The first kappa shape index (κ1) is 16.5. The van der Waals surface area contributed by atoms with Gasteiger partial charge in [-0.25, -0.2) is 4.98 Å². The van der Waals surface area contributed by atoms with Crippen molar-refractivity contribution in [2.24, 2.45) is 0 Å². The monoisotopic (exact) mass is 368 g/mol. The van der Waals surface area contributed by atoms with E-state index in [2.05, 4.69) is 20.9 Å². The zero-order valence-electron chi connectivity index (χ0n) is 11.2. The van der Waals surface area contributed by atoms with Gasteiger partial charge in [0.05, 0.1) is 24.9 Å². The van der Waals surface area contributed by atoms with E-state index in [-0.39, 0.29) is 25.1 Å². The zero-order chi connectivity index (χ0) is 15.5. The van der Waals surface area contributed by atoms with Crippen molar-refractivity contribution >= 4 is 21.7 Å². The van der Waals surface area contributed by atoms with Gasteiger partial charge < -0.3 is 14.7 Å². The summed E-state index contributed by atoms with van der Waals surface area (Å²) in [6, 6.07) is 1.05. The lowest BCUT2D eigenvalue weighted by Crippen LogP contribution is -2.38. The molecule has 0 saturated carbocycles. The lowest BCUT2D eigenvalue weighted by atomic mass is 10.1. The van der Waals surface area contributed by atoms with Crippen molar-refractivity contribution in [2.75, 3.05) is 31.2 Å². The normalized spacial score (nSPS) is 17.3. The molecule has 0 aromatic carbocycles. The molecule has 8 heteroatoms. The number of anilines is 1. The highest BCUT2D eigenvalue weighted by molar-refractivity contribution is 9.10. The molecule has 1 N–H and O–H groups in total.